The van der Waals surface area contributed by atoms with E-state index < -0.39 is 0 Å². The quantitative estimate of drug-likeness (QED) is 0.0335. The summed E-state index contributed by atoms with van der Waals surface area (Å²) in [5.74, 6) is -0.248. The lowest BCUT2D eigenvalue weighted by Crippen LogP contribution is -2.27. The highest BCUT2D eigenvalue weighted by atomic mass is 16.7. The third-order valence-corrected chi connectivity index (χ3v) is 15.0. The van der Waals surface area contributed by atoms with Crippen molar-refractivity contribution in [3.63, 3.8) is 0 Å². The van der Waals surface area contributed by atoms with Crippen molar-refractivity contribution in [1.29, 1.82) is 0 Å². The number of carbonyl (C=O) groups is 2. The predicted molar refractivity (Wildman–Crippen MR) is 320 cm³/mol. The molecule has 0 atom stereocenters. The van der Waals surface area contributed by atoms with E-state index in [1.807, 2.05) is 0 Å². The van der Waals surface area contributed by atoms with Crippen LogP contribution in [0.4, 0.5) is 0 Å². The Kier molecular flexibility index (Phi) is 62.5. The molecule has 0 fully saturated rings. The molecule has 0 amide bonds. The van der Waals surface area contributed by atoms with Crippen molar-refractivity contribution in [2.24, 2.45) is 0 Å². The number of hydrogen-bond donors (Lipinski definition) is 0. The van der Waals surface area contributed by atoms with Gasteiger partial charge in [0.15, 0.2) is 12.6 Å². The maximum Gasteiger partial charge on any atom is 0.305 e. The van der Waals surface area contributed by atoms with Crippen LogP contribution in [0, 0.1) is 0 Å². The monoisotopic (exact) mass is 1070 g/mol. The second kappa shape index (κ2) is 63.6. The van der Waals surface area contributed by atoms with Crippen LogP contribution in [0.2, 0.25) is 0 Å². The van der Waals surface area contributed by atoms with Crippen molar-refractivity contribution >= 4 is 11.9 Å². The van der Waals surface area contributed by atoms with Crippen LogP contribution in [0.25, 0.3) is 0 Å². The maximum absolute atomic E-state index is 12.7. The second-order valence-corrected chi connectivity index (χ2v) is 22.5. The number of nitrogens with zero attached hydrogens (tertiary/aromatic N) is 1. The highest BCUT2D eigenvalue weighted by molar-refractivity contribution is 5.69. The van der Waals surface area contributed by atoms with Crippen LogP contribution in [-0.4, -0.2) is 88.7 Å². The Labute approximate surface area is 467 Å². The molecule has 0 radical (unpaired) electrons. The summed E-state index contributed by atoms with van der Waals surface area (Å²) in [7, 11) is 0. The van der Waals surface area contributed by atoms with E-state index in [2.05, 4.69) is 39.5 Å². The summed E-state index contributed by atoms with van der Waals surface area (Å²) in [5, 5.41) is 0. The molecule has 9 nitrogen and oxygen atoms in total. The van der Waals surface area contributed by atoms with Crippen LogP contribution in [0.15, 0.2) is 0 Å². The van der Waals surface area contributed by atoms with Crippen LogP contribution in [0.5, 0.6) is 0 Å². The summed E-state index contributed by atoms with van der Waals surface area (Å²) >= 11 is 0. The SMILES string of the molecule is CCCCCCCCCCOC(CCC(=O)OCCCCCCCN(CCCC)CCCCCCCOC(=O)CCC(OCCCCCCCCCC)OCCCCCCCCCC)OCCCCCCCCCC. The van der Waals surface area contributed by atoms with Crippen LogP contribution >= 0.6 is 0 Å². The van der Waals surface area contributed by atoms with Gasteiger partial charge in [0.2, 0.25) is 0 Å². The van der Waals surface area contributed by atoms with Gasteiger partial charge in [-0.15, -0.1) is 0 Å². The van der Waals surface area contributed by atoms with E-state index in [0.717, 1.165) is 51.4 Å². The van der Waals surface area contributed by atoms with Gasteiger partial charge in [0.1, 0.15) is 0 Å². The Bertz CT molecular complexity index is 986. The highest BCUT2D eigenvalue weighted by Crippen LogP contribution is 2.17. The number of carbonyl (C=O) groups excluding carboxylic acids is 2. The lowest BCUT2D eigenvalue weighted by Gasteiger charge is -2.22. The van der Waals surface area contributed by atoms with Gasteiger partial charge in [-0.25, -0.2) is 0 Å². The zero-order valence-electron chi connectivity index (χ0n) is 51.2. The van der Waals surface area contributed by atoms with E-state index in [1.165, 1.54) is 251 Å². The van der Waals surface area contributed by atoms with Crippen molar-refractivity contribution in [3.8, 4) is 0 Å². The molecular weight excluding hydrogens is 935 g/mol. The number of hydrogen-bond acceptors (Lipinski definition) is 9. The Morgan fingerprint density at radius 1 is 0.267 bits per heavy atom. The minimum absolute atomic E-state index is 0.124. The highest BCUT2D eigenvalue weighted by Gasteiger charge is 2.15. The molecule has 0 rings (SSSR count). The average Bonchev–Trinajstić information content (AvgIpc) is 3.41. The molecule has 0 aromatic carbocycles. The average molecular weight is 1070 g/mol. The van der Waals surface area contributed by atoms with Gasteiger partial charge in [-0.05, 0) is 77.4 Å². The summed E-state index contributed by atoms with van der Waals surface area (Å²) < 4.78 is 36.0. The molecule has 0 unspecified atom stereocenters. The lowest BCUT2D eigenvalue weighted by molar-refractivity contribution is -0.159. The van der Waals surface area contributed by atoms with E-state index in [1.54, 1.807) is 0 Å². The molecule has 448 valence electrons. The Balaban J connectivity index is 4.30. The first-order valence-corrected chi connectivity index (χ1v) is 33.5. The molecule has 0 saturated heterocycles. The molecule has 0 spiro atoms. The first kappa shape index (κ1) is 73.7. The molecule has 9 heteroatoms. The zero-order chi connectivity index (χ0) is 54.4. The van der Waals surface area contributed by atoms with Gasteiger partial charge in [0.05, 0.1) is 26.1 Å². The second-order valence-electron chi connectivity index (χ2n) is 22.5. The minimum Gasteiger partial charge on any atom is -0.466 e. The Morgan fingerprint density at radius 3 is 0.747 bits per heavy atom. The van der Waals surface area contributed by atoms with E-state index in [-0.39, 0.29) is 24.5 Å². The fourth-order valence-electron chi connectivity index (χ4n) is 9.87. The fourth-order valence-corrected chi connectivity index (χ4v) is 9.87. The smallest absolute Gasteiger partial charge is 0.305 e. The molecule has 0 aromatic rings. The molecule has 0 heterocycles. The normalized spacial score (nSPS) is 11.8. The predicted octanol–water partition coefficient (Wildman–Crippen LogP) is 19.9. The van der Waals surface area contributed by atoms with Crippen molar-refractivity contribution in [1.82, 2.24) is 4.90 Å². The zero-order valence-corrected chi connectivity index (χ0v) is 51.2. The number of esters is 2. The number of ether oxygens (including phenoxy) is 6. The summed E-state index contributed by atoms with van der Waals surface area (Å²) in [6, 6.07) is 0. The van der Waals surface area contributed by atoms with Crippen LogP contribution < -0.4 is 0 Å². The summed E-state index contributed by atoms with van der Waals surface area (Å²) in [4.78, 5) is 28.1. The molecule has 75 heavy (non-hydrogen) atoms. The van der Waals surface area contributed by atoms with Crippen LogP contribution in [-0.2, 0) is 38.0 Å². The van der Waals surface area contributed by atoms with Crippen molar-refractivity contribution in [3.05, 3.63) is 0 Å². The van der Waals surface area contributed by atoms with Gasteiger partial charge in [0.25, 0.3) is 0 Å². The topological polar surface area (TPSA) is 92.8 Å². The van der Waals surface area contributed by atoms with Gasteiger partial charge in [-0.2, -0.15) is 0 Å². The molecular formula is C66H131NO8. The largest absolute Gasteiger partial charge is 0.466 e. The van der Waals surface area contributed by atoms with Crippen molar-refractivity contribution < 1.29 is 38.0 Å². The molecule has 0 saturated carbocycles. The van der Waals surface area contributed by atoms with Crippen molar-refractivity contribution in [2.75, 3.05) is 59.3 Å². The molecule has 0 aliphatic carbocycles. The minimum atomic E-state index is -0.313. The number of unbranched alkanes of at least 4 members (excludes halogenated alkanes) is 37. The number of rotatable bonds is 65. The Hall–Kier alpha value is -1.26. The third-order valence-electron chi connectivity index (χ3n) is 15.0. The summed E-state index contributed by atoms with van der Waals surface area (Å²) in [5.41, 5.74) is 0. The van der Waals surface area contributed by atoms with E-state index in [0.29, 0.717) is 65.3 Å². The van der Waals surface area contributed by atoms with Gasteiger partial charge >= 0.3 is 11.9 Å². The summed E-state index contributed by atoms with van der Waals surface area (Å²) in [6.07, 6.45) is 55.9. The standard InChI is InChI=1S/C66H131NO8/c1-6-11-16-20-24-28-36-46-59-72-65(73-60-47-37-29-25-21-17-12-7-2)52-50-63(68)70-57-44-40-32-34-42-55-67(54-15-10-5)56-43-35-33-41-45-58-71-64(69)51-53-66(74-61-48-38-30-26-22-18-13-8-3)75-62-49-39-31-27-23-19-14-9-4/h65-66H,6-62H2,1-5H3. The maximum atomic E-state index is 12.7. The molecule has 0 aromatic heterocycles. The van der Waals surface area contributed by atoms with Gasteiger partial charge in [-0.3, -0.25) is 9.59 Å². The van der Waals surface area contributed by atoms with Gasteiger partial charge < -0.3 is 33.3 Å². The van der Waals surface area contributed by atoms with E-state index in [9.17, 15) is 9.59 Å². The van der Waals surface area contributed by atoms with Crippen LogP contribution in [0.3, 0.4) is 0 Å². The molecule has 0 aliphatic heterocycles. The van der Waals surface area contributed by atoms with E-state index >= 15 is 0 Å². The van der Waals surface area contributed by atoms with Crippen LogP contribution in [0.1, 0.15) is 343 Å². The summed E-state index contributed by atoms with van der Waals surface area (Å²) in [6.45, 7) is 18.7. The third kappa shape index (κ3) is 58.7. The Morgan fingerprint density at radius 2 is 0.480 bits per heavy atom. The van der Waals surface area contributed by atoms with Crippen molar-refractivity contribution in [2.45, 2.75) is 355 Å². The lowest BCUT2D eigenvalue weighted by atomic mass is 10.1. The molecule has 0 bridgehead atoms. The molecule has 0 N–H and O–H groups in total. The molecule has 0 aliphatic rings. The van der Waals surface area contributed by atoms with Gasteiger partial charge in [0, 0.05) is 39.3 Å². The first-order chi connectivity index (χ1) is 37.0. The fraction of sp³-hybridized carbons (Fsp3) is 0.970. The van der Waals surface area contributed by atoms with E-state index in [4.69, 9.17) is 28.4 Å². The first-order valence-electron chi connectivity index (χ1n) is 33.5. The van der Waals surface area contributed by atoms with Gasteiger partial charge in [-0.1, -0.05) is 259 Å².